The van der Waals surface area contributed by atoms with Gasteiger partial charge in [-0.1, -0.05) is 13.0 Å². The summed E-state index contributed by atoms with van der Waals surface area (Å²) in [6.45, 7) is 2.94. The third-order valence-corrected chi connectivity index (χ3v) is 3.33. The molecule has 108 valence electrons. The molecular weight excluding hydrogens is 254 g/mol. The Morgan fingerprint density at radius 3 is 2.65 bits per heavy atom. The molecule has 1 heterocycles. The fraction of sp³-hybridized carbons (Fsp3) is 0.400. The third kappa shape index (κ3) is 3.30. The van der Waals surface area contributed by atoms with E-state index >= 15 is 0 Å². The van der Waals surface area contributed by atoms with Crippen LogP contribution in [0.25, 0.3) is 0 Å². The van der Waals surface area contributed by atoms with E-state index < -0.39 is 0 Å². The molecule has 0 saturated carbocycles. The van der Waals surface area contributed by atoms with Crippen molar-refractivity contribution in [3.05, 3.63) is 41.7 Å². The Hall–Kier alpha value is -2.01. The third-order valence-electron chi connectivity index (χ3n) is 3.33. The molecule has 0 saturated heterocycles. The van der Waals surface area contributed by atoms with Crippen molar-refractivity contribution in [1.29, 1.82) is 0 Å². The molecule has 5 nitrogen and oxygen atoms in total. The van der Waals surface area contributed by atoms with Gasteiger partial charge in [0.05, 0.1) is 20.4 Å². The number of H-pyrrole nitrogens is 1. The van der Waals surface area contributed by atoms with E-state index in [1.54, 1.807) is 14.2 Å². The second kappa shape index (κ2) is 6.96. The maximum Gasteiger partial charge on any atom is 0.161 e. The Bertz CT molecular complexity index is 526. The fourth-order valence-electron chi connectivity index (χ4n) is 2.18. The molecule has 1 atom stereocenters. The summed E-state index contributed by atoms with van der Waals surface area (Å²) < 4.78 is 10.6. The lowest BCUT2D eigenvalue weighted by Gasteiger charge is -2.18. The lowest BCUT2D eigenvalue weighted by Crippen LogP contribution is -2.20. The standard InChI is InChI=1S/C15H21N3O2/c1-4-13(16-8-11-9-17-18-10-11)12-5-6-14(19-2)15(7-12)20-3/h5-7,9-10,13,16H,4,8H2,1-3H3,(H,17,18). The van der Waals surface area contributed by atoms with Crippen LogP contribution in [0.3, 0.4) is 0 Å². The van der Waals surface area contributed by atoms with Crippen LogP contribution in [0.4, 0.5) is 0 Å². The summed E-state index contributed by atoms with van der Waals surface area (Å²) in [5.41, 5.74) is 2.33. The molecule has 0 amide bonds. The van der Waals surface area contributed by atoms with E-state index in [1.807, 2.05) is 24.5 Å². The minimum atomic E-state index is 0.268. The molecular formula is C15H21N3O2. The molecule has 0 bridgehead atoms. The summed E-state index contributed by atoms with van der Waals surface area (Å²) in [4.78, 5) is 0. The molecule has 1 unspecified atom stereocenters. The smallest absolute Gasteiger partial charge is 0.161 e. The molecule has 0 aliphatic carbocycles. The molecule has 0 fully saturated rings. The van der Waals surface area contributed by atoms with Crippen LogP contribution in [-0.2, 0) is 6.54 Å². The Morgan fingerprint density at radius 1 is 1.25 bits per heavy atom. The molecule has 0 radical (unpaired) electrons. The maximum atomic E-state index is 5.35. The Labute approximate surface area is 119 Å². The Balaban J connectivity index is 2.10. The maximum absolute atomic E-state index is 5.35. The first-order valence-corrected chi connectivity index (χ1v) is 6.71. The molecule has 0 spiro atoms. The highest BCUT2D eigenvalue weighted by Crippen LogP contribution is 2.30. The van der Waals surface area contributed by atoms with Crippen molar-refractivity contribution in [3.8, 4) is 11.5 Å². The van der Waals surface area contributed by atoms with Gasteiger partial charge in [-0.3, -0.25) is 5.10 Å². The van der Waals surface area contributed by atoms with Crippen LogP contribution in [0.15, 0.2) is 30.6 Å². The van der Waals surface area contributed by atoms with Crippen molar-refractivity contribution in [1.82, 2.24) is 15.5 Å². The van der Waals surface area contributed by atoms with Crippen molar-refractivity contribution < 1.29 is 9.47 Å². The molecule has 5 heteroatoms. The number of nitrogens with zero attached hydrogens (tertiary/aromatic N) is 1. The number of nitrogens with one attached hydrogen (secondary N) is 2. The predicted molar refractivity (Wildman–Crippen MR) is 78.0 cm³/mol. The summed E-state index contributed by atoms with van der Waals surface area (Å²) in [5.74, 6) is 1.51. The minimum Gasteiger partial charge on any atom is -0.493 e. The van der Waals surface area contributed by atoms with Crippen LogP contribution < -0.4 is 14.8 Å². The van der Waals surface area contributed by atoms with Crippen LogP contribution >= 0.6 is 0 Å². The van der Waals surface area contributed by atoms with E-state index in [1.165, 1.54) is 5.56 Å². The lowest BCUT2D eigenvalue weighted by atomic mass is 10.0. The van der Waals surface area contributed by atoms with Crippen LogP contribution in [0, 0.1) is 0 Å². The van der Waals surface area contributed by atoms with Crippen molar-refractivity contribution >= 4 is 0 Å². The van der Waals surface area contributed by atoms with Crippen LogP contribution in [0.2, 0.25) is 0 Å². The summed E-state index contributed by atoms with van der Waals surface area (Å²) in [6.07, 6.45) is 4.72. The molecule has 0 aliphatic heterocycles. The number of benzene rings is 1. The fourth-order valence-corrected chi connectivity index (χ4v) is 2.18. The van der Waals surface area contributed by atoms with Gasteiger partial charge in [0, 0.05) is 24.3 Å². The van der Waals surface area contributed by atoms with Crippen LogP contribution in [0.1, 0.15) is 30.5 Å². The zero-order valence-corrected chi connectivity index (χ0v) is 12.1. The summed E-state index contributed by atoms with van der Waals surface area (Å²) in [6, 6.07) is 6.30. The van der Waals surface area contributed by atoms with Gasteiger partial charge >= 0.3 is 0 Å². The van der Waals surface area contributed by atoms with Gasteiger partial charge in [-0.2, -0.15) is 5.10 Å². The van der Waals surface area contributed by atoms with Crippen molar-refractivity contribution in [2.24, 2.45) is 0 Å². The van der Waals surface area contributed by atoms with Gasteiger partial charge < -0.3 is 14.8 Å². The second-order valence-corrected chi connectivity index (χ2v) is 4.56. The number of aromatic nitrogens is 2. The number of aromatic amines is 1. The van der Waals surface area contributed by atoms with Gasteiger partial charge in [-0.25, -0.2) is 0 Å². The highest BCUT2D eigenvalue weighted by Gasteiger charge is 2.12. The van der Waals surface area contributed by atoms with Gasteiger partial charge in [0.25, 0.3) is 0 Å². The first-order chi connectivity index (χ1) is 9.78. The van der Waals surface area contributed by atoms with E-state index in [4.69, 9.17) is 9.47 Å². The zero-order valence-electron chi connectivity index (χ0n) is 12.1. The van der Waals surface area contributed by atoms with Crippen LogP contribution in [0.5, 0.6) is 11.5 Å². The van der Waals surface area contributed by atoms with Crippen molar-refractivity contribution in [2.75, 3.05) is 14.2 Å². The molecule has 0 aliphatic rings. The predicted octanol–water partition coefficient (Wildman–Crippen LogP) is 2.67. The first kappa shape index (κ1) is 14.4. The summed E-state index contributed by atoms with van der Waals surface area (Å²) in [7, 11) is 3.30. The average Bonchev–Trinajstić information content (AvgIpc) is 3.01. The van der Waals surface area contributed by atoms with E-state index in [0.717, 1.165) is 30.0 Å². The quantitative estimate of drug-likeness (QED) is 0.815. The molecule has 1 aromatic carbocycles. The number of hydrogen-bond donors (Lipinski definition) is 2. The van der Waals surface area contributed by atoms with E-state index in [0.29, 0.717) is 0 Å². The summed E-state index contributed by atoms with van der Waals surface area (Å²) in [5, 5.41) is 10.3. The second-order valence-electron chi connectivity index (χ2n) is 4.56. The van der Waals surface area contributed by atoms with Gasteiger partial charge in [-0.15, -0.1) is 0 Å². The van der Waals surface area contributed by atoms with Crippen molar-refractivity contribution in [3.63, 3.8) is 0 Å². The Morgan fingerprint density at radius 2 is 2.05 bits per heavy atom. The highest BCUT2D eigenvalue weighted by atomic mass is 16.5. The largest absolute Gasteiger partial charge is 0.493 e. The van der Waals surface area contributed by atoms with Crippen molar-refractivity contribution in [2.45, 2.75) is 25.9 Å². The number of hydrogen-bond acceptors (Lipinski definition) is 4. The van der Waals surface area contributed by atoms with Gasteiger partial charge in [-0.05, 0) is 24.1 Å². The van der Waals surface area contributed by atoms with Gasteiger partial charge in [0.1, 0.15) is 0 Å². The topological polar surface area (TPSA) is 59.2 Å². The highest BCUT2D eigenvalue weighted by molar-refractivity contribution is 5.43. The normalized spacial score (nSPS) is 12.2. The average molecular weight is 275 g/mol. The molecule has 2 aromatic rings. The first-order valence-electron chi connectivity index (χ1n) is 6.71. The summed E-state index contributed by atoms with van der Waals surface area (Å²) >= 11 is 0. The number of ether oxygens (including phenoxy) is 2. The van der Waals surface area contributed by atoms with Crippen LogP contribution in [-0.4, -0.2) is 24.4 Å². The Kier molecular flexibility index (Phi) is 5.01. The SMILES string of the molecule is CCC(NCc1cn[nH]c1)c1ccc(OC)c(OC)c1. The molecule has 20 heavy (non-hydrogen) atoms. The lowest BCUT2D eigenvalue weighted by molar-refractivity contribution is 0.353. The zero-order chi connectivity index (χ0) is 14.4. The minimum absolute atomic E-state index is 0.268. The van der Waals surface area contributed by atoms with E-state index in [9.17, 15) is 0 Å². The molecule has 2 N–H and O–H groups in total. The van der Waals surface area contributed by atoms with E-state index in [2.05, 4.69) is 28.5 Å². The van der Waals surface area contributed by atoms with Gasteiger partial charge in [0.2, 0.25) is 0 Å². The number of rotatable bonds is 7. The number of methoxy groups -OCH3 is 2. The van der Waals surface area contributed by atoms with Gasteiger partial charge in [0.15, 0.2) is 11.5 Å². The monoisotopic (exact) mass is 275 g/mol. The molecule has 1 aromatic heterocycles. The van der Waals surface area contributed by atoms with E-state index in [-0.39, 0.29) is 6.04 Å². The molecule has 2 rings (SSSR count).